The zero-order valence-electron chi connectivity index (χ0n) is 17.6. The Morgan fingerprint density at radius 1 is 1.13 bits per heavy atom. The molecule has 1 aliphatic rings. The van der Waals surface area contributed by atoms with Crippen LogP contribution in [0.1, 0.15) is 30.9 Å². The fourth-order valence-electron chi connectivity index (χ4n) is 3.46. The molecule has 0 radical (unpaired) electrons. The van der Waals surface area contributed by atoms with E-state index in [1.807, 2.05) is 12.1 Å². The quantitative estimate of drug-likeness (QED) is 0.525. The molecule has 0 saturated carbocycles. The summed E-state index contributed by atoms with van der Waals surface area (Å²) in [7, 11) is 1.35. The number of ether oxygens (including phenoxy) is 3. The van der Waals surface area contributed by atoms with Gasteiger partial charge in [-0.3, -0.25) is 9.59 Å². The minimum absolute atomic E-state index is 0.000936. The van der Waals surface area contributed by atoms with Gasteiger partial charge in [-0.1, -0.05) is 36.8 Å². The predicted molar refractivity (Wildman–Crippen MR) is 117 cm³/mol. The number of rotatable bonds is 7. The van der Waals surface area contributed by atoms with Gasteiger partial charge in [0.25, 0.3) is 5.91 Å². The Bertz CT molecular complexity index is 1190. The first kappa shape index (κ1) is 21.1. The number of thiazole rings is 1. The molecule has 3 aromatic rings. The molecule has 2 aromatic carbocycles. The van der Waals surface area contributed by atoms with E-state index >= 15 is 0 Å². The Balaban J connectivity index is 1.66. The van der Waals surface area contributed by atoms with E-state index in [9.17, 15) is 9.59 Å². The Kier molecular flexibility index (Phi) is 6.36. The summed E-state index contributed by atoms with van der Waals surface area (Å²) in [4.78, 5) is 29.5. The number of hydrogen-bond donors (Lipinski definition) is 0. The van der Waals surface area contributed by atoms with Gasteiger partial charge in [-0.25, -0.2) is 0 Å². The van der Waals surface area contributed by atoms with Crippen molar-refractivity contribution in [2.45, 2.75) is 39.2 Å². The van der Waals surface area contributed by atoms with E-state index in [-0.39, 0.29) is 31.6 Å². The molecule has 0 fully saturated rings. The Hall–Kier alpha value is -3.13. The van der Waals surface area contributed by atoms with Crippen LogP contribution in [0.4, 0.5) is 0 Å². The fourth-order valence-corrected chi connectivity index (χ4v) is 4.57. The normalized spacial score (nSPS) is 13.0. The number of amides is 1. The van der Waals surface area contributed by atoms with Gasteiger partial charge < -0.3 is 18.8 Å². The van der Waals surface area contributed by atoms with E-state index in [4.69, 9.17) is 14.2 Å². The van der Waals surface area contributed by atoms with E-state index in [0.29, 0.717) is 16.3 Å². The Labute approximate surface area is 183 Å². The Morgan fingerprint density at radius 2 is 1.94 bits per heavy atom. The predicted octanol–water partition coefficient (Wildman–Crippen LogP) is 3.62. The van der Waals surface area contributed by atoms with Gasteiger partial charge in [-0.05, 0) is 48.2 Å². The molecule has 0 atom stereocenters. The molecule has 0 bridgehead atoms. The minimum atomic E-state index is -0.389. The van der Waals surface area contributed by atoms with Gasteiger partial charge in [0.1, 0.15) is 6.54 Å². The largest absolute Gasteiger partial charge is 0.468 e. The molecule has 0 unspecified atom stereocenters. The third kappa shape index (κ3) is 4.80. The lowest BCUT2D eigenvalue weighted by Crippen LogP contribution is -2.22. The highest BCUT2D eigenvalue weighted by atomic mass is 32.1. The van der Waals surface area contributed by atoms with Crippen LogP contribution in [0, 0.1) is 0 Å². The monoisotopic (exact) mass is 440 g/mol. The molecule has 8 heteroatoms. The summed E-state index contributed by atoms with van der Waals surface area (Å²) in [6.07, 6.45) is 3.37. The van der Waals surface area contributed by atoms with Crippen LogP contribution in [-0.2, 0) is 33.7 Å². The number of carbonyl (C=O) groups is 2. The van der Waals surface area contributed by atoms with Crippen molar-refractivity contribution in [1.29, 1.82) is 0 Å². The van der Waals surface area contributed by atoms with E-state index < -0.39 is 0 Å². The number of carbonyl (C=O) groups excluding carboxylic acids is 2. The maximum Gasteiger partial charge on any atom is 0.325 e. The van der Waals surface area contributed by atoms with Crippen LogP contribution in [0.3, 0.4) is 0 Å². The maximum atomic E-state index is 12.7. The molecule has 0 N–H and O–H groups in total. The van der Waals surface area contributed by atoms with Crippen LogP contribution in [0.25, 0.3) is 10.2 Å². The molecular weight excluding hydrogens is 416 g/mol. The third-order valence-electron chi connectivity index (χ3n) is 5.09. The number of benzene rings is 2. The molecule has 2 heterocycles. The topological polar surface area (TPSA) is 79.1 Å². The maximum absolute atomic E-state index is 12.7. The van der Waals surface area contributed by atoms with E-state index in [0.717, 1.165) is 35.0 Å². The molecule has 4 rings (SSSR count). The highest BCUT2D eigenvalue weighted by molar-refractivity contribution is 7.16. The van der Waals surface area contributed by atoms with E-state index in [1.165, 1.54) is 24.0 Å². The average molecular weight is 441 g/mol. The first-order valence-electron chi connectivity index (χ1n) is 10.2. The second kappa shape index (κ2) is 9.34. The van der Waals surface area contributed by atoms with Gasteiger partial charge in [0, 0.05) is 0 Å². The second-order valence-electron chi connectivity index (χ2n) is 7.32. The molecule has 1 aromatic heterocycles. The summed E-state index contributed by atoms with van der Waals surface area (Å²) in [6.45, 7) is 2.35. The van der Waals surface area contributed by atoms with Crippen molar-refractivity contribution in [2.75, 3.05) is 13.9 Å². The highest BCUT2D eigenvalue weighted by Gasteiger charge is 2.16. The van der Waals surface area contributed by atoms with Crippen LogP contribution < -0.4 is 14.3 Å². The molecule has 1 amide bonds. The lowest BCUT2D eigenvalue weighted by molar-refractivity contribution is -0.141. The van der Waals surface area contributed by atoms with Crippen molar-refractivity contribution in [2.24, 2.45) is 4.99 Å². The number of hydrogen-bond acceptors (Lipinski definition) is 6. The van der Waals surface area contributed by atoms with Gasteiger partial charge >= 0.3 is 5.97 Å². The zero-order chi connectivity index (χ0) is 21.8. The molecule has 31 heavy (non-hydrogen) atoms. The first-order chi connectivity index (χ1) is 15.1. The van der Waals surface area contributed by atoms with Gasteiger partial charge in [-0.2, -0.15) is 4.99 Å². The average Bonchev–Trinajstić information content (AvgIpc) is 3.36. The number of unbranched alkanes of at least 4 members (excludes halogenated alkanes) is 1. The van der Waals surface area contributed by atoms with Gasteiger partial charge in [0.05, 0.1) is 23.7 Å². The summed E-state index contributed by atoms with van der Waals surface area (Å²) in [6, 6.07) is 11.6. The van der Waals surface area contributed by atoms with Crippen LogP contribution in [0.5, 0.6) is 11.5 Å². The van der Waals surface area contributed by atoms with Crippen molar-refractivity contribution in [3.8, 4) is 11.5 Å². The molecule has 0 saturated heterocycles. The van der Waals surface area contributed by atoms with Gasteiger partial charge in [0.2, 0.25) is 6.79 Å². The lowest BCUT2D eigenvalue weighted by Gasteiger charge is -2.05. The number of aryl methyl sites for hydroxylation is 1. The van der Waals surface area contributed by atoms with Crippen LogP contribution in [0.15, 0.2) is 41.4 Å². The number of fused-ring (bicyclic) bond motifs is 2. The number of esters is 1. The van der Waals surface area contributed by atoms with Crippen molar-refractivity contribution in [1.82, 2.24) is 4.57 Å². The highest BCUT2D eigenvalue weighted by Crippen LogP contribution is 2.32. The van der Waals surface area contributed by atoms with Crippen molar-refractivity contribution in [3.63, 3.8) is 0 Å². The molecular formula is C23H24N2O5S. The lowest BCUT2D eigenvalue weighted by atomic mass is 10.1. The summed E-state index contributed by atoms with van der Waals surface area (Å²) in [5, 5.41) is 0. The van der Waals surface area contributed by atoms with E-state index in [2.05, 4.69) is 24.0 Å². The fraction of sp³-hybridized carbons (Fsp3) is 0.348. The minimum Gasteiger partial charge on any atom is -0.468 e. The van der Waals surface area contributed by atoms with Crippen molar-refractivity contribution < 1.29 is 23.8 Å². The number of nitrogens with zero attached hydrogens (tertiary/aromatic N) is 2. The van der Waals surface area contributed by atoms with Crippen LogP contribution in [-0.4, -0.2) is 30.3 Å². The standard InChI is InChI=1S/C23H24N2O5S/c1-3-4-5-15-6-8-17-20(11-15)31-23(25(17)13-22(27)28-2)24-21(26)12-16-7-9-18-19(10-16)30-14-29-18/h6-11H,3-5,12-14H2,1-2H3. The second-order valence-corrected chi connectivity index (χ2v) is 8.33. The Morgan fingerprint density at radius 3 is 2.74 bits per heavy atom. The SMILES string of the molecule is CCCCc1ccc2c(c1)sc(=NC(=O)Cc1ccc3c(c1)OCO3)n2CC(=O)OC. The smallest absolute Gasteiger partial charge is 0.325 e. The van der Waals surface area contributed by atoms with Gasteiger partial charge in [0.15, 0.2) is 16.3 Å². The van der Waals surface area contributed by atoms with Crippen molar-refractivity contribution in [3.05, 3.63) is 52.3 Å². The van der Waals surface area contributed by atoms with Gasteiger partial charge in [-0.15, -0.1) is 0 Å². The summed E-state index contributed by atoms with van der Waals surface area (Å²) >= 11 is 1.41. The summed E-state index contributed by atoms with van der Waals surface area (Å²) in [5.41, 5.74) is 2.89. The molecule has 0 aliphatic carbocycles. The number of aromatic nitrogens is 1. The summed E-state index contributed by atoms with van der Waals surface area (Å²) in [5.74, 6) is 0.620. The summed E-state index contributed by atoms with van der Waals surface area (Å²) < 4.78 is 18.3. The van der Waals surface area contributed by atoms with Crippen molar-refractivity contribution >= 4 is 33.4 Å². The molecule has 0 spiro atoms. The number of methoxy groups -OCH3 is 1. The van der Waals surface area contributed by atoms with Crippen LogP contribution >= 0.6 is 11.3 Å². The van der Waals surface area contributed by atoms with Crippen LogP contribution in [0.2, 0.25) is 0 Å². The zero-order valence-corrected chi connectivity index (χ0v) is 18.4. The first-order valence-corrected chi connectivity index (χ1v) is 11.0. The molecule has 7 nitrogen and oxygen atoms in total. The molecule has 162 valence electrons. The third-order valence-corrected chi connectivity index (χ3v) is 6.13. The van der Waals surface area contributed by atoms with E-state index in [1.54, 1.807) is 16.7 Å². The molecule has 1 aliphatic heterocycles.